The molecule has 9 heteroatoms. The quantitative estimate of drug-likeness (QED) is 0.361. The number of terminal acetylenes is 1. The van der Waals surface area contributed by atoms with Crippen molar-refractivity contribution in [2.24, 2.45) is 5.10 Å². The maximum Gasteiger partial charge on any atom is 0.259 e. The lowest BCUT2D eigenvalue weighted by atomic mass is 10.2. The van der Waals surface area contributed by atoms with Crippen molar-refractivity contribution in [3.63, 3.8) is 0 Å². The maximum atomic E-state index is 12.2. The van der Waals surface area contributed by atoms with E-state index in [0.717, 1.165) is 0 Å². The minimum atomic E-state index is -0.482. The molecule has 1 heterocycles. The molecule has 0 radical (unpaired) electrons. The van der Waals surface area contributed by atoms with Gasteiger partial charge in [-0.2, -0.15) is 5.10 Å². The van der Waals surface area contributed by atoms with Crippen LogP contribution in [-0.4, -0.2) is 44.6 Å². The third-order valence-corrected chi connectivity index (χ3v) is 4.03. The molecule has 0 aromatic heterocycles. The molecule has 2 aromatic rings. The summed E-state index contributed by atoms with van der Waals surface area (Å²) in [6, 6.07) is 9.95. The van der Waals surface area contributed by atoms with Crippen LogP contribution >= 0.6 is 0 Å². The molecule has 31 heavy (non-hydrogen) atoms. The van der Waals surface area contributed by atoms with Crippen LogP contribution in [0.25, 0.3) is 0 Å². The summed E-state index contributed by atoms with van der Waals surface area (Å²) in [7, 11) is 0. The summed E-state index contributed by atoms with van der Waals surface area (Å²) in [5.41, 5.74) is 3.39. The molecule has 2 N–H and O–H groups in total. The van der Waals surface area contributed by atoms with E-state index < -0.39 is 11.8 Å². The lowest BCUT2D eigenvalue weighted by Gasteiger charge is -2.10. The Labute approximate surface area is 179 Å². The van der Waals surface area contributed by atoms with Crippen LogP contribution in [0.2, 0.25) is 0 Å². The van der Waals surface area contributed by atoms with Gasteiger partial charge in [0, 0.05) is 5.56 Å². The zero-order valence-electron chi connectivity index (χ0n) is 16.8. The zero-order valence-corrected chi connectivity index (χ0v) is 16.8. The molecule has 0 unspecified atom stereocenters. The fourth-order valence-corrected chi connectivity index (χ4v) is 2.63. The van der Waals surface area contributed by atoms with Gasteiger partial charge in [-0.25, -0.2) is 5.43 Å². The highest BCUT2D eigenvalue weighted by Gasteiger charge is 2.16. The second kappa shape index (κ2) is 10.5. The number of hydrazone groups is 1. The van der Waals surface area contributed by atoms with E-state index in [-0.39, 0.29) is 19.9 Å². The van der Waals surface area contributed by atoms with Crippen LogP contribution in [0.5, 0.6) is 23.0 Å². The monoisotopic (exact) mass is 423 g/mol. The highest BCUT2D eigenvalue weighted by atomic mass is 16.7. The molecule has 160 valence electrons. The van der Waals surface area contributed by atoms with E-state index in [4.69, 9.17) is 25.4 Å². The first-order chi connectivity index (χ1) is 15.1. The van der Waals surface area contributed by atoms with Gasteiger partial charge < -0.3 is 24.3 Å². The summed E-state index contributed by atoms with van der Waals surface area (Å²) in [5.74, 6) is 3.60. The van der Waals surface area contributed by atoms with Gasteiger partial charge in [0.25, 0.3) is 11.8 Å². The Morgan fingerprint density at radius 1 is 1.16 bits per heavy atom. The molecule has 2 aromatic carbocycles. The second-order valence-electron chi connectivity index (χ2n) is 6.18. The molecule has 0 aliphatic carbocycles. The summed E-state index contributed by atoms with van der Waals surface area (Å²) in [6.45, 7) is 2.30. The Kier molecular flexibility index (Phi) is 7.32. The number of nitrogens with one attached hydrogen (secondary N) is 2. The Bertz CT molecular complexity index is 1030. The first-order valence-electron chi connectivity index (χ1n) is 9.43. The van der Waals surface area contributed by atoms with Crippen LogP contribution in [0.3, 0.4) is 0 Å². The smallest absolute Gasteiger partial charge is 0.259 e. The van der Waals surface area contributed by atoms with Gasteiger partial charge in [-0.05, 0) is 48.9 Å². The molecule has 0 fully saturated rings. The maximum absolute atomic E-state index is 12.2. The number of carbonyl (C=O) groups is 2. The average Bonchev–Trinajstić information content (AvgIpc) is 3.25. The number of fused-ring (bicyclic) bond motifs is 1. The third kappa shape index (κ3) is 5.90. The fraction of sp³-hybridized carbons (Fsp3) is 0.227. The SMILES string of the molecule is C#CCOc1ccc(C=NNC(=O)CNC(=O)c2ccc3c(c2)OCO3)cc1OCC. The molecular weight excluding hydrogens is 402 g/mol. The fourth-order valence-electron chi connectivity index (χ4n) is 2.63. The van der Waals surface area contributed by atoms with Crippen molar-refractivity contribution in [2.45, 2.75) is 6.92 Å². The number of hydrogen-bond donors (Lipinski definition) is 2. The van der Waals surface area contributed by atoms with Crippen molar-refractivity contribution in [3.05, 3.63) is 47.5 Å². The van der Waals surface area contributed by atoms with Crippen LogP contribution in [0.15, 0.2) is 41.5 Å². The second-order valence-corrected chi connectivity index (χ2v) is 6.18. The molecule has 1 aliphatic rings. The molecule has 9 nitrogen and oxygen atoms in total. The lowest BCUT2D eigenvalue weighted by molar-refractivity contribution is -0.120. The summed E-state index contributed by atoms with van der Waals surface area (Å²) in [6.07, 6.45) is 6.66. The first-order valence-corrected chi connectivity index (χ1v) is 9.43. The topological polar surface area (TPSA) is 107 Å². The minimum absolute atomic E-state index is 0.119. The number of nitrogens with zero attached hydrogens (tertiary/aromatic N) is 1. The minimum Gasteiger partial charge on any atom is -0.490 e. The normalized spacial score (nSPS) is 11.6. The summed E-state index contributed by atoms with van der Waals surface area (Å²) in [5, 5.41) is 6.41. The van der Waals surface area contributed by atoms with Crippen LogP contribution in [-0.2, 0) is 4.79 Å². The van der Waals surface area contributed by atoms with E-state index in [1.165, 1.54) is 6.21 Å². The molecule has 1 aliphatic heterocycles. The third-order valence-electron chi connectivity index (χ3n) is 4.03. The number of amides is 2. The molecule has 3 rings (SSSR count). The molecule has 0 spiro atoms. The average molecular weight is 423 g/mol. The van der Waals surface area contributed by atoms with Crippen LogP contribution in [0, 0.1) is 12.3 Å². The Morgan fingerprint density at radius 2 is 2.00 bits per heavy atom. The summed E-state index contributed by atoms with van der Waals surface area (Å²) < 4.78 is 21.4. The summed E-state index contributed by atoms with van der Waals surface area (Å²) in [4.78, 5) is 24.1. The highest BCUT2D eigenvalue weighted by molar-refractivity contribution is 5.97. The van der Waals surface area contributed by atoms with Crippen LogP contribution < -0.4 is 29.7 Å². The van der Waals surface area contributed by atoms with Gasteiger partial charge in [0.1, 0.15) is 6.61 Å². The Hall–Kier alpha value is -4.19. The number of ether oxygens (including phenoxy) is 4. The Morgan fingerprint density at radius 3 is 2.81 bits per heavy atom. The number of hydrogen-bond acceptors (Lipinski definition) is 7. The van der Waals surface area contributed by atoms with Crippen molar-refractivity contribution in [1.29, 1.82) is 0 Å². The highest BCUT2D eigenvalue weighted by Crippen LogP contribution is 2.32. The Balaban J connectivity index is 1.50. The van der Waals surface area contributed by atoms with E-state index in [9.17, 15) is 9.59 Å². The number of rotatable bonds is 9. The molecule has 2 amide bonds. The lowest BCUT2D eigenvalue weighted by Crippen LogP contribution is -2.34. The van der Waals surface area contributed by atoms with Crippen molar-refractivity contribution < 1.29 is 28.5 Å². The van der Waals surface area contributed by atoms with Gasteiger partial charge in [0.2, 0.25) is 6.79 Å². The largest absolute Gasteiger partial charge is 0.490 e. The predicted molar refractivity (Wildman–Crippen MR) is 113 cm³/mol. The molecule has 0 atom stereocenters. The van der Waals surface area contributed by atoms with Gasteiger partial charge in [0.05, 0.1) is 19.4 Å². The predicted octanol–water partition coefficient (Wildman–Crippen LogP) is 1.71. The van der Waals surface area contributed by atoms with Crippen molar-refractivity contribution in [2.75, 3.05) is 26.6 Å². The molecular formula is C22H21N3O6. The van der Waals surface area contributed by atoms with Crippen molar-refractivity contribution in [3.8, 4) is 35.3 Å². The van der Waals surface area contributed by atoms with Gasteiger partial charge >= 0.3 is 0 Å². The molecule has 0 bridgehead atoms. The van der Waals surface area contributed by atoms with Gasteiger partial charge in [-0.1, -0.05) is 5.92 Å². The summed E-state index contributed by atoms with van der Waals surface area (Å²) >= 11 is 0. The van der Waals surface area contributed by atoms with Crippen molar-refractivity contribution in [1.82, 2.24) is 10.7 Å². The number of benzene rings is 2. The molecule has 0 saturated heterocycles. The van der Waals surface area contributed by atoms with Crippen LogP contribution in [0.1, 0.15) is 22.8 Å². The van der Waals surface area contributed by atoms with Crippen LogP contribution in [0.4, 0.5) is 0 Å². The van der Waals surface area contributed by atoms with E-state index >= 15 is 0 Å². The first kappa shape index (κ1) is 21.5. The zero-order chi connectivity index (χ0) is 22.1. The number of carbonyl (C=O) groups excluding carboxylic acids is 2. The van der Waals surface area contributed by atoms with E-state index in [1.54, 1.807) is 36.4 Å². The van der Waals surface area contributed by atoms with Gasteiger partial charge in [0.15, 0.2) is 23.0 Å². The van der Waals surface area contributed by atoms with E-state index in [0.29, 0.717) is 40.7 Å². The van der Waals surface area contributed by atoms with Gasteiger partial charge in [-0.15, -0.1) is 6.42 Å². The van der Waals surface area contributed by atoms with Crippen molar-refractivity contribution >= 4 is 18.0 Å². The van der Waals surface area contributed by atoms with E-state index in [2.05, 4.69) is 21.8 Å². The van der Waals surface area contributed by atoms with Gasteiger partial charge in [-0.3, -0.25) is 9.59 Å². The standard InChI is InChI=1S/C22H21N3O6/c1-3-9-29-17-7-5-15(10-19(17)28-4-2)12-24-25-21(26)13-23-22(27)16-6-8-18-20(11-16)31-14-30-18/h1,5-8,10-12H,4,9,13-14H2,2H3,(H,23,27)(H,25,26). The molecule has 0 saturated carbocycles. The van der Waals surface area contributed by atoms with E-state index in [1.807, 2.05) is 6.92 Å².